The molecular formula is C18H23NO. The number of rotatable bonds is 5. The van der Waals surface area contributed by atoms with Gasteiger partial charge in [0.25, 0.3) is 0 Å². The lowest BCUT2D eigenvalue weighted by Gasteiger charge is -2.12. The summed E-state index contributed by atoms with van der Waals surface area (Å²) in [4.78, 5) is 0. The maximum absolute atomic E-state index is 5.82. The molecule has 2 rings (SSSR count). The van der Waals surface area contributed by atoms with Crippen molar-refractivity contribution in [1.82, 2.24) is 0 Å². The molecule has 20 heavy (non-hydrogen) atoms. The number of hydrogen-bond acceptors (Lipinski definition) is 2. The second-order valence-electron chi connectivity index (χ2n) is 5.51. The molecule has 106 valence electrons. The first-order chi connectivity index (χ1) is 9.56. The van der Waals surface area contributed by atoms with E-state index >= 15 is 0 Å². The molecule has 2 N–H and O–H groups in total. The molecule has 0 saturated heterocycles. The predicted molar refractivity (Wildman–Crippen MR) is 85.3 cm³/mol. The van der Waals surface area contributed by atoms with Gasteiger partial charge >= 0.3 is 0 Å². The third-order valence-corrected chi connectivity index (χ3v) is 3.50. The summed E-state index contributed by atoms with van der Waals surface area (Å²) < 4.78 is 5.82. The fourth-order valence-corrected chi connectivity index (χ4v) is 2.36. The first kappa shape index (κ1) is 14.4. The maximum Gasteiger partial charge on any atom is 0.119 e. The Kier molecular flexibility index (Phi) is 4.67. The summed E-state index contributed by atoms with van der Waals surface area (Å²) in [5.41, 5.74) is 10.4. The zero-order valence-corrected chi connectivity index (χ0v) is 12.5. The van der Waals surface area contributed by atoms with Crippen LogP contribution in [0.4, 0.5) is 5.69 Å². The number of aryl methyl sites for hydroxylation is 1. The molecule has 0 fully saturated rings. The van der Waals surface area contributed by atoms with E-state index < -0.39 is 0 Å². The summed E-state index contributed by atoms with van der Waals surface area (Å²) in [6, 6.07) is 14.3. The molecule has 0 unspecified atom stereocenters. The van der Waals surface area contributed by atoms with Gasteiger partial charge in [0.1, 0.15) is 5.75 Å². The SMILES string of the molecule is Cc1cc(OCCc2ccc(N)cc2)ccc1C(C)C. The lowest BCUT2D eigenvalue weighted by atomic mass is 9.98. The monoisotopic (exact) mass is 269 g/mol. The second-order valence-corrected chi connectivity index (χ2v) is 5.51. The highest BCUT2D eigenvalue weighted by molar-refractivity contribution is 5.39. The largest absolute Gasteiger partial charge is 0.493 e. The minimum absolute atomic E-state index is 0.554. The molecule has 0 aromatic heterocycles. The second kappa shape index (κ2) is 6.47. The summed E-state index contributed by atoms with van der Waals surface area (Å²) >= 11 is 0. The van der Waals surface area contributed by atoms with E-state index in [1.807, 2.05) is 24.3 Å². The molecule has 0 heterocycles. The lowest BCUT2D eigenvalue weighted by Crippen LogP contribution is -2.02. The molecule has 0 bridgehead atoms. The Morgan fingerprint density at radius 3 is 2.35 bits per heavy atom. The molecule has 0 aliphatic rings. The van der Waals surface area contributed by atoms with Crippen molar-refractivity contribution < 1.29 is 4.74 Å². The fraction of sp³-hybridized carbons (Fsp3) is 0.333. The van der Waals surface area contributed by atoms with Crippen LogP contribution in [0.25, 0.3) is 0 Å². The predicted octanol–water partition coefficient (Wildman–Crippen LogP) is 4.32. The van der Waals surface area contributed by atoms with Crippen LogP contribution in [-0.4, -0.2) is 6.61 Å². The Bertz CT molecular complexity index is 558. The van der Waals surface area contributed by atoms with E-state index in [4.69, 9.17) is 10.5 Å². The highest BCUT2D eigenvalue weighted by atomic mass is 16.5. The summed E-state index contributed by atoms with van der Waals surface area (Å²) in [5.74, 6) is 1.50. The zero-order chi connectivity index (χ0) is 14.5. The molecule has 0 aliphatic heterocycles. The Morgan fingerprint density at radius 2 is 1.75 bits per heavy atom. The van der Waals surface area contributed by atoms with Crippen molar-refractivity contribution in [3.63, 3.8) is 0 Å². The summed E-state index contributed by atoms with van der Waals surface area (Å²) in [6.07, 6.45) is 0.894. The summed E-state index contributed by atoms with van der Waals surface area (Å²) in [7, 11) is 0. The van der Waals surface area contributed by atoms with Gasteiger partial charge in [0, 0.05) is 12.1 Å². The molecular weight excluding hydrogens is 246 g/mol. The number of ether oxygens (including phenoxy) is 1. The number of nitrogens with two attached hydrogens (primary N) is 1. The quantitative estimate of drug-likeness (QED) is 0.820. The van der Waals surface area contributed by atoms with Gasteiger partial charge in [-0.3, -0.25) is 0 Å². The van der Waals surface area contributed by atoms with Crippen molar-refractivity contribution in [2.45, 2.75) is 33.1 Å². The molecule has 0 amide bonds. The van der Waals surface area contributed by atoms with Crippen molar-refractivity contribution in [2.24, 2.45) is 0 Å². The van der Waals surface area contributed by atoms with Gasteiger partial charge in [0.05, 0.1) is 6.61 Å². The van der Waals surface area contributed by atoms with Crippen LogP contribution in [0, 0.1) is 6.92 Å². The van der Waals surface area contributed by atoms with Crippen LogP contribution in [0.15, 0.2) is 42.5 Å². The van der Waals surface area contributed by atoms with Crippen molar-refractivity contribution in [2.75, 3.05) is 12.3 Å². The highest BCUT2D eigenvalue weighted by Crippen LogP contribution is 2.23. The van der Waals surface area contributed by atoms with Crippen LogP contribution in [0.3, 0.4) is 0 Å². The molecule has 2 heteroatoms. The average Bonchev–Trinajstić information content (AvgIpc) is 2.41. The normalized spacial score (nSPS) is 10.8. The van der Waals surface area contributed by atoms with Gasteiger partial charge in [0.2, 0.25) is 0 Å². The lowest BCUT2D eigenvalue weighted by molar-refractivity contribution is 0.321. The van der Waals surface area contributed by atoms with Crippen LogP contribution in [0.5, 0.6) is 5.75 Å². The van der Waals surface area contributed by atoms with Crippen LogP contribution < -0.4 is 10.5 Å². The average molecular weight is 269 g/mol. The smallest absolute Gasteiger partial charge is 0.119 e. The Labute approximate surface area is 121 Å². The van der Waals surface area contributed by atoms with Gasteiger partial charge < -0.3 is 10.5 Å². The van der Waals surface area contributed by atoms with Crippen LogP contribution >= 0.6 is 0 Å². The van der Waals surface area contributed by atoms with E-state index in [1.54, 1.807) is 0 Å². The molecule has 0 atom stereocenters. The van der Waals surface area contributed by atoms with E-state index in [9.17, 15) is 0 Å². The van der Waals surface area contributed by atoms with Gasteiger partial charge in [-0.25, -0.2) is 0 Å². The first-order valence-electron chi connectivity index (χ1n) is 7.14. The molecule has 0 saturated carbocycles. The number of benzene rings is 2. The van der Waals surface area contributed by atoms with Crippen molar-refractivity contribution in [3.8, 4) is 5.75 Å². The maximum atomic E-state index is 5.82. The van der Waals surface area contributed by atoms with Crippen LogP contribution in [0.1, 0.15) is 36.5 Å². The highest BCUT2D eigenvalue weighted by Gasteiger charge is 2.04. The topological polar surface area (TPSA) is 35.2 Å². The van der Waals surface area contributed by atoms with Crippen molar-refractivity contribution >= 4 is 5.69 Å². The van der Waals surface area contributed by atoms with Gasteiger partial charge in [-0.15, -0.1) is 0 Å². The Balaban J connectivity index is 1.91. The van der Waals surface area contributed by atoms with E-state index in [0.717, 1.165) is 17.9 Å². The van der Waals surface area contributed by atoms with Gasteiger partial charge in [-0.2, -0.15) is 0 Å². The Morgan fingerprint density at radius 1 is 1.05 bits per heavy atom. The first-order valence-corrected chi connectivity index (χ1v) is 7.14. The van der Waals surface area contributed by atoms with E-state index in [0.29, 0.717) is 12.5 Å². The molecule has 0 aliphatic carbocycles. The summed E-state index contributed by atoms with van der Waals surface area (Å²) in [6.45, 7) is 7.25. The minimum Gasteiger partial charge on any atom is -0.493 e. The molecule has 2 aromatic rings. The van der Waals surface area contributed by atoms with Crippen molar-refractivity contribution in [1.29, 1.82) is 0 Å². The number of nitrogen functional groups attached to an aromatic ring is 1. The van der Waals surface area contributed by atoms with E-state index in [-0.39, 0.29) is 0 Å². The number of anilines is 1. The molecule has 2 aromatic carbocycles. The molecule has 0 spiro atoms. The molecule has 2 nitrogen and oxygen atoms in total. The van der Waals surface area contributed by atoms with Gasteiger partial charge in [0.15, 0.2) is 0 Å². The van der Waals surface area contributed by atoms with Gasteiger partial charge in [-0.05, 0) is 53.8 Å². The van der Waals surface area contributed by atoms with Crippen molar-refractivity contribution in [3.05, 3.63) is 59.2 Å². The van der Waals surface area contributed by atoms with E-state index in [2.05, 4.69) is 39.0 Å². The Hall–Kier alpha value is -1.96. The van der Waals surface area contributed by atoms with Crippen LogP contribution in [0.2, 0.25) is 0 Å². The standard InChI is InChI=1S/C18H23NO/c1-13(2)18-9-8-17(12-14(18)3)20-11-10-15-4-6-16(19)7-5-15/h4-9,12-13H,10-11,19H2,1-3H3. The summed E-state index contributed by atoms with van der Waals surface area (Å²) in [5, 5.41) is 0. The van der Waals surface area contributed by atoms with E-state index in [1.165, 1.54) is 16.7 Å². The minimum atomic E-state index is 0.554. The number of hydrogen-bond donors (Lipinski definition) is 1. The third kappa shape index (κ3) is 3.77. The third-order valence-electron chi connectivity index (χ3n) is 3.50. The fourth-order valence-electron chi connectivity index (χ4n) is 2.36. The van der Waals surface area contributed by atoms with Crippen LogP contribution in [-0.2, 0) is 6.42 Å². The molecule has 0 radical (unpaired) electrons. The van der Waals surface area contributed by atoms with Gasteiger partial charge in [-0.1, -0.05) is 32.0 Å². The zero-order valence-electron chi connectivity index (χ0n) is 12.5.